The molecule has 0 aliphatic rings. The van der Waals surface area contributed by atoms with Gasteiger partial charge in [-0.25, -0.2) is 4.99 Å². The molecule has 2 N–H and O–H groups in total. The Morgan fingerprint density at radius 1 is 1.55 bits per heavy atom. The fraction of sp³-hybridized carbons (Fsp3) is 0.500. The molecular formula is C8H19N3. The number of hydrogen-bond donors (Lipinski definition) is 1. The summed E-state index contributed by atoms with van der Waals surface area (Å²) in [4.78, 5) is 7.34. The summed E-state index contributed by atoms with van der Waals surface area (Å²) in [5, 5.41) is 0. The van der Waals surface area contributed by atoms with E-state index in [-0.39, 0.29) is 1.43 Å². The lowest BCUT2D eigenvalue weighted by Crippen LogP contribution is -2.07. The van der Waals surface area contributed by atoms with E-state index in [9.17, 15) is 0 Å². The number of hydrogen-bond acceptors (Lipinski definition) is 1. The number of guanidine groups is 1. The highest BCUT2D eigenvalue weighted by Crippen LogP contribution is 1.86. The van der Waals surface area contributed by atoms with E-state index < -0.39 is 0 Å². The van der Waals surface area contributed by atoms with Gasteiger partial charge in [0.1, 0.15) is 0 Å². The highest BCUT2D eigenvalue weighted by molar-refractivity contribution is 5.82. The lowest BCUT2D eigenvalue weighted by Gasteiger charge is -1.90. The van der Waals surface area contributed by atoms with Crippen molar-refractivity contribution in [1.82, 2.24) is 0 Å². The molecule has 0 aromatic carbocycles. The summed E-state index contributed by atoms with van der Waals surface area (Å²) in [7, 11) is 0. The minimum absolute atomic E-state index is 0. The van der Waals surface area contributed by atoms with E-state index in [4.69, 9.17) is 5.73 Å². The van der Waals surface area contributed by atoms with Gasteiger partial charge in [-0.15, -0.1) is 13.2 Å². The Hall–Kier alpha value is -1.12. The van der Waals surface area contributed by atoms with Crippen LogP contribution < -0.4 is 5.73 Å². The second-order valence-corrected chi connectivity index (χ2v) is 1.75. The van der Waals surface area contributed by atoms with Crippen LogP contribution in [0.5, 0.6) is 0 Å². The van der Waals surface area contributed by atoms with Crippen LogP contribution in [0.15, 0.2) is 23.1 Å². The molecule has 0 rings (SSSR count). The van der Waals surface area contributed by atoms with Crippen molar-refractivity contribution < 1.29 is 1.43 Å². The molecular weight excluding hydrogens is 138 g/mol. The third-order valence-corrected chi connectivity index (χ3v) is 0.947. The van der Waals surface area contributed by atoms with Crippen LogP contribution in [0.2, 0.25) is 0 Å². The third-order valence-electron chi connectivity index (χ3n) is 0.947. The van der Waals surface area contributed by atoms with Gasteiger partial charge in [-0.3, -0.25) is 4.99 Å². The average molecular weight is 157 g/mol. The largest absolute Gasteiger partial charge is 0.368 e. The van der Waals surface area contributed by atoms with Crippen molar-refractivity contribution in [3.8, 4) is 0 Å². The molecule has 0 bridgehead atoms. The highest BCUT2D eigenvalue weighted by Gasteiger charge is 1.81. The van der Waals surface area contributed by atoms with Crippen LogP contribution in [-0.4, -0.2) is 19.2 Å². The van der Waals surface area contributed by atoms with E-state index in [1.807, 2.05) is 0 Å². The monoisotopic (exact) mass is 157 g/mol. The highest BCUT2D eigenvalue weighted by atomic mass is 15.0. The average Bonchev–Trinajstić information content (AvgIpc) is 2.08. The van der Waals surface area contributed by atoms with Crippen molar-refractivity contribution in [2.24, 2.45) is 15.7 Å². The molecule has 0 atom stereocenters. The second-order valence-electron chi connectivity index (χ2n) is 1.75. The number of unbranched alkanes of at least 4 members (excludes halogenated alkanes) is 1. The molecule has 0 aliphatic carbocycles. The summed E-state index contributed by atoms with van der Waals surface area (Å²) >= 11 is 0. The van der Waals surface area contributed by atoms with Crippen LogP contribution in [-0.2, 0) is 0 Å². The number of rotatable bonds is 3. The molecule has 0 radical (unpaired) electrons. The molecule has 66 valence electrons. The summed E-state index contributed by atoms with van der Waals surface area (Å²) in [6, 6.07) is 0. The summed E-state index contributed by atoms with van der Waals surface area (Å²) in [6.07, 6.45) is 2.20. The first-order valence-corrected chi connectivity index (χ1v) is 3.58. The maximum atomic E-state index is 5.23. The topological polar surface area (TPSA) is 50.7 Å². The predicted octanol–water partition coefficient (Wildman–Crippen LogP) is 1.85. The van der Waals surface area contributed by atoms with Gasteiger partial charge in [-0.2, -0.15) is 0 Å². The maximum absolute atomic E-state index is 5.23. The fourth-order valence-corrected chi connectivity index (χ4v) is 0.402. The molecule has 0 saturated carbocycles. The molecule has 0 amide bonds. The van der Waals surface area contributed by atoms with E-state index in [0.29, 0.717) is 5.96 Å². The van der Waals surface area contributed by atoms with E-state index in [0.717, 1.165) is 19.4 Å². The number of nitrogens with two attached hydrogens (primary N) is 1. The van der Waals surface area contributed by atoms with Crippen LogP contribution in [0.3, 0.4) is 0 Å². The van der Waals surface area contributed by atoms with Gasteiger partial charge in [0, 0.05) is 7.97 Å². The van der Waals surface area contributed by atoms with E-state index in [1.165, 1.54) is 0 Å². The zero-order valence-corrected chi connectivity index (χ0v) is 7.21. The van der Waals surface area contributed by atoms with E-state index >= 15 is 0 Å². The molecule has 0 heterocycles. The first-order valence-electron chi connectivity index (χ1n) is 3.58. The molecule has 0 saturated heterocycles. The fourth-order valence-electron chi connectivity index (χ4n) is 0.402. The third kappa shape index (κ3) is 12.2. The molecule has 0 aromatic rings. The molecule has 0 aromatic heterocycles. The Kier molecular flexibility index (Phi) is 13.3. The van der Waals surface area contributed by atoms with Crippen molar-refractivity contribution in [2.75, 3.05) is 6.54 Å². The van der Waals surface area contributed by atoms with Crippen molar-refractivity contribution in [1.29, 1.82) is 0 Å². The Balaban J connectivity index is -0.000000249. The van der Waals surface area contributed by atoms with Crippen molar-refractivity contribution in [3.63, 3.8) is 0 Å². The molecule has 3 nitrogen and oxygen atoms in total. The number of nitrogens with zero attached hydrogens (tertiary/aromatic N) is 2. The van der Waals surface area contributed by atoms with Crippen LogP contribution in [0.25, 0.3) is 0 Å². The van der Waals surface area contributed by atoms with Gasteiger partial charge in [0.25, 0.3) is 0 Å². The summed E-state index contributed by atoms with van der Waals surface area (Å²) < 4.78 is 0. The van der Waals surface area contributed by atoms with Gasteiger partial charge in [0.2, 0.25) is 5.96 Å². The lowest BCUT2D eigenvalue weighted by atomic mass is 10.3. The first kappa shape index (κ1) is 12.5. The minimum Gasteiger partial charge on any atom is -0.368 e. The maximum Gasteiger partial charge on any atom is 0.214 e. The van der Waals surface area contributed by atoms with Crippen LogP contribution >= 0.6 is 0 Å². The zero-order chi connectivity index (χ0) is 9.11. The summed E-state index contributed by atoms with van der Waals surface area (Å²) in [5.74, 6) is 0.295. The Bertz CT molecular complexity index is 123. The lowest BCUT2D eigenvalue weighted by molar-refractivity contribution is 0.806. The van der Waals surface area contributed by atoms with Gasteiger partial charge >= 0.3 is 0 Å². The Morgan fingerprint density at radius 2 is 2.09 bits per heavy atom. The Morgan fingerprint density at radius 3 is 2.45 bits per heavy atom. The number of aliphatic imine (C=N–C) groups is 2. The summed E-state index contributed by atoms with van der Waals surface area (Å²) in [6.45, 7) is 12.1. The van der Waals surface area contributed by atoms with Crippen molar-refractivity contribution in [2.45, 2.75) is 19.8 Å². The SMILES string of the molecule is C=C.C=NC(N)=NCCCC.[HH]. The predicted molar refractivity (Wildman–Crippen MR) is 54.3 cm³/mol. The van der Waals surface area contributed by atoms with Gasteiger partial charge < -0.3 is 5.73 Å². The molecule has 3 heteroatoms. The van der Waals surface area contributed by atoms with Crippen molar-refractivity contribution in [3.05, 3.63) is 13.2 Å². The standard InChI is InChI=1S/C6H13N3.C2H4.H2/c1-3-4-5-9-6(7)8-2;1-2;/h2-5H2,1H3,(H2,7,9);1-2H2;1H. The smallest absolute Gasteiger partial charge is 0.214 e. The molecule has 0 unspecified atom stereocenters. The zero-order valence-electron chi connectivity index (χ0n) is 7.21. The minimum atomic E-state index is 0. The second kappa shape index (κ2) is 11.6. The van der Waals surface area contributed by atoms with Crippen LogP contribution in [0.1, 0.15) is 21.2 Å². The van der Waals surface area contributed by atoms with Gasteiger partial charge in [0.05, 0.1) is 0 Å². The molecule has 0 aliphatic heterocycles. The van der Waals surface area contributed by atoms with Crippen molar-refractivity contribution >= 4 is 12.7 Å². The van der Waals surface area contributed by atoms with Gasteiger partial charge in [0.15, 0.2) is 0 Å². The van der Waals surface area contributed by atoms with E-state index in [2.05, 4.69) is 36.8 Å². The molecule has 0 fully saturated rings. The van der Waals surface area contributed by atoms with Crippen LogP contribution in [0, 0.1) is 0 Å². The quantitative estimate of drug-likeness (QED) is 0.289. The van der Waals surface area contributed by atoms with E-state index in [1.54, 1.807) is 0 Å². The Labute approximate surface area is 70.2 Å². The van der Waals surface area contributed by atoms with Gasteiger partial charge in [-0.1, -0.05) is 13.3 Å². The van der Waals surface area contributed by atoms with Crippen LogP contribution in [0.4, 0.5) is 0 Å². The molecule has 0 spiro atoms. The molecule has 11 heavy (non-hydrogen) atoms. The first-order chi connectivity index (χ1) is 5.31. The van der Waals surface area contributed by atoms with Gasteiger partial charge in [-0.05, 0) is 13.1 Å². The normalized spacial score (nSPS) is 9.73. The summed E-state index contributed by atoms with van der Waals surface area (Å²) in [5.41, 5.74) is 5.23.